The second-order valence-electron chi connectivity index (χ2n) is 6.02. The highest BCUT2D eigenvalue weighted by molar-refractivity contribution is 6.03. The van der Waals surface area contributed by atoms with Crippen LogP contribution in [0.25, 0.3) is 33.8 Å². The molecule has 0 amide bonds. The van der Waals surface area contributed by atoms with Crippen molar-refractivity contribution in [2.24, 2.45) is 0 Å². The number of nitrogens with zero attached hydrogens (tertiary/aromatic N) is 2. The molecular weight excluding hydrogens is 280 g/mol. The molecule has 0 fully saturated rings. The third-order valence-electron chi connectivity index (χ3n) is 4.74. The summed E-state index contributed by atoms with van der Waals surface area (Å²) in [5.41, 5.74) is 7.59. The zero-order chi connectivity index (χ0) is 15.2. The Bertz CT molecular complexity index is 1060. The van der Waals surface area contributed by atoms with Crippen LogP contribution in [0.4, 0.5) is 0 Å². The van der Waals surface area contributed by atoms with E-state index in [0.29, 0.717) is 0 Å². The number of hydrogen-bond acceptors (Lipinski definition) is 1. The van der Waals surface area contributed by atoms with Crippen molar-refractivity contribution in [2.45, 2.75) is 12.8 Å². The number of imidazole rings is 1. The smallest absolute Gasteiger partial charge is 0.141 e. The van der Waals surface area contributed by atoms with Crippen LogP contribution in [0.1, 0.15) is 17.5 Å². The molecule has 0 radical (unpaired) electrons. The summed E-state index contributed by atoms with van der Waals surface area (Å²) in [5.74, 6) is 0. The summed E-state index contributed by atoms with van der Waals surface area (Å²) in [4.78, 5) is 4.61. The first-order valence-corrected chi connectivity index (χ1v) is 8.06. The lowest BCUT2D eigenvalue weighted by Gasteiger charge is -2.18. The number of pyridine rings is 1. The van der Waals surface area contributed by atoms with Gasteiger partial charge in [0, 0.05) is 23.3 Å². The molecule has 5 rings (SSSR count). The third-order valence-corrected chi connectivity index (χ3v) is 4.74. The van der Waals surface area contributed by atoms with E-state index in [2.05, 4.69) is 76.3 Å². The number of benzene rings is 2. The molecule has 4 aromatic rings. The van der Waals surface area contributed by atoms with Crippen LogP contribution in [0, 0.1) is 0 Å². The van der Waals surface area contributed by atoms with E-state index in [1.54, 1.807) is 0 Å². The number of rotatable bonds is 1. The maximum atomic E-state index is 4.61. The SMILES string of the molecule is C1=Cc2c(c3nccn3c3cccc(-c4ccccc4)c23)CC1. The average molecular weight is 296 g/mol. The molecule has 0 saturated carbocycles. The third kappa shape index (κ3) is 1.78. The van der Waals surface area contributed by atoms with Gasteiger partial charge in [0.05, 0.1) is 5.52 Å². The summed E-state index contributed by atoms with van der Waals surface area (Å²) < 4.78 is 2.24. The summed E-state index contributed by atoms with van der Waals surface area (Å²) in [7, 11) is 0. The molecule has 2 aromatic heterocycles. The van der Waals surface area contributed by atoms with E-state index in [0.717, 1.165) is 18.5 Å². The molecule has 0 aliphatic heterocycles. The van der Waals surface area contributed by atoms with Crippen molar-refractivity contribution in [2.75, 3.05) is 0 Å². The van der Waals surface area contributed by atoms with Gasteiger partial charge >= 0.3 is 0 Å². The Balaban J connectivity index is 2.01. The van der Waals surface area contributed by atoms with Crippen molar-refractivity contribution in [3.63, 3.8) is 0 Å². The second-order valence-corrected chi connectivity index (χ2v) is 6.02. The summed E-state index contributed by atoms with van der Waals surface area (Å²) in [5, 5.41) is 1.33. The fourth-order valence-corrected chi connectivity index (χ4v) is 3.73. The topological polar surface area (TPSA) is 17.3 Å². The molecule has 2 heteroatoms. The van der Waals surface area contributed by atoms with Crippen LogP contribution in [0.3, 0.4) is 0 Å². The van der Waals surface area contributed by atoms with Crippen molar-refractivity contribution in [3.8, 4) is 11.1 Å². The fourth-order valence-electron chi connectivity index (χ4n) is 3.73. The van der Waals surface area contributed by atoms with Crippen LogP contribution >= 0.6 is 0 Å². The van der Waals surface area contributed by atoms with Gasteiger partial charge in [-0.25, -0.2) is 4.98 Å². The molecular formula is C21H16N2. The molecule has 0 spiro atoms. The maximum Gasteiger partial charge on any atom is 0.141 e. The first kappa shape index (κ1) is 12.7. The highest BCUT2D eigenvalue weighted by Gasteiger charge is 2.18. The van der Waals surface area contributed by atoms with E-state index in [4.69, 9.17) is 0 Å². The van der Waals surface area contributed by atoms with Crippen LogP contribution in [0.2, 0.25) is 0 Å². The highest BCUT2D eigenvalue weighted by Crippen LogP contribution is 2.37. The Kier molecular flexibility index (Phi) is 2.65. The summed E-state index contributed by atoms with van der Waals surface area (Å²) in [6, 6.07) is 17.2. The largest absolute Gasteiger partial charge is 0.299 e. The maximum absolute atomic E-state index is 4.61. The molecule has 2 aromatic carbocycles. The minimum absolute atomic E-state index is 1.06. The molecule has 110 valence electrons. The standard InChI is InChI=1S/C21H16N2/c1-2-7-15(8-3-1)16-11-6-12-19-20(16)17-9-4-5-10-18(17)21-22-13-14-23(19)21/h1-4,6-9,11-14H,5,10H2. The van der Waals surface area contributed by atoms with Crippen LogP contribution in [0.15, 0.2) is 67.0 Å². The fraction of sp³-hybridized carbons (Fsp3) is 0.0952. The first-order chi connectivity index (χ1) is 11.4. The predicted octanol–water partition coefficient (Wildman–Crippen LogP) is 5.11. The van der Waals surface area contributed by atoms with Gasteiger partial charge in [-0.2, -0.15) is 0 Å². The Morgan fingerprint density at radius 2 is 1.87 bits per heavy atom. The minimum Gasteiger partial charge on any atom is -0.299 e. The van der Waals surface area contributed by atoms with E-state index in [1.165, 1.54) is 33.2 Å². The molecule has 1 aliphatic carbocycles. The molecule has 0 N–H and O–H groups in total. The van der Waals surface area contributed by atoms with E-state index in [9.17, 15) is 0 Å². The van der Waals surface area contributed by atoms with Gasteiger partial charge in [0.1, 0.15) is 5.65 Å². The van der Waals surface area contributed by atoms with Gasteiger partial charge in [0.15, 0.2) is 0 Å². The summed E-state index contributed by atoms with van der Waals surface area (Å²) in [6.07, 6.45) is 10.7. The number of hydrogen-bond donors (Lipinski definition) is 0. The number of aromatic nitrogens is 2. The molecule has 0 saturated heterocycles. The predicted molar refractivity (Wildman–Crippen MR) is 95.5 cm³/mol. The van der Waals surface area contributed by atoms with Crippen LogP contribution in [-0.2, 0) is 6.42 Å². The number of aryl methyl sites for hydroxylation is 1. The van der Waals surface area contributed by atoms with Crippen molar-refractivity contribution >= 4 is 22.6 Å². The summed E-state index contributed by atoms with van der Waals surface area (Å²) >= 11 is 0. The lowest BCUT2D eigenvalue weighted by Crippen LogP contribution is -2.02. The van der Waals surface area contributed by atoms with E-state index >= 15 is 0 Å². The Morgan fingerprint density at radius 3 is 2.78 bits per heavy atom. The minimum atomic E-state index is 1.06. The normalized spacial score (nSPS) is 13.6. The van der Waals surface area contributed by atoms with Gasteiger partial charge in [-0.15, -0.1) is 0 Å². The lowest BCUT2D eigenvalue weighted by atomic mass is 9.90. The van der Waals surface area contributed by atoms with Gasteiger partial charge in [-0.05, 0) is 35.6 Å². The first-order valence-electron chi connectivity index (χ1n) is 8.06. The number of allylic oxidation sites excluding steroid dienone is 1. The number of fused-ring (bicyclic) bond motifs is 6. The van der Waals surface area contributed by atoms with Gasteiger partial charge in [-0.3, -0.25) is 4.40 Å². The van der Waals surface area contributed by atoms with E-state index in [-0.39, 0.29) is 0 Å². The van der Waals surface area contributed by atoms with Crippen molar-refractivity contribution < 1.29 is 0 Å². The van der Waals surface area contributed by atoms with Crippen LogP contribution in [0.5, 0.6) is 0 Å². The quantitative estimate of drug-likeness (QED) is 0.477. The molecule has 0 unspecified atom stereocenters. The molecule has 2 nitrogen and oxygen atoms in total. The summed E-state index contributed by atoms with van der Waals surface area (Å²) in [6.45, 7) is 0. The monoisotopic (exact) mass is 296 g/mol. The Hall–Kier alpha value is -2.87. The molecule has 2 heterocycles. The average Bonchev–Trinajstić information content (AvgIpc) is 3.12. The second kappa shape index (κ2) is 4.82. The van der Waals surface area contributed by atoms with Crippen LogP contribution in [-0.4, -0.2) is 9.38 Å². The Labute approximate surface area is 134 Å². The molecule has 0 atom stereocenters. The molecule has 23 heavy (non-hydrogen) atoms. The van der Waals surface area contributed by atoms with Gasteiger partial charge in [0.25, 0.3) is 0 Å². The van der Waals surface area contributed by atoms with Gasteiger partial charge in [0.2, 0.25) is 0 Å². The van der Waals surface area contributed by atoms with Crippen LogP contribution < -0.4 is 0 Å². The van der Waals surface area contributed by atoms with E-state index in [1.807, 2.05) is 6.20 Å². The lowest BCUT2D eigenvalue weighted by molar-refractivity contribution is 0.982. The Morgan fingerprint density at radius 1 is 0.957 bits per heavy atom. The zero-order valence-corrected chi connectivity index (χ0v) is 12.7. The van der Waals surface area contributed by atoms with E-state index < -0.39 is 0 Å². The molecule has 0 bridgehead atoms. The van der Waals surface area contributed by atoms with Gasteiger partial charge in [-0.1, -0.05) is 54.6 Å². The highest BCUT2D eigenvalue weighted by atomic mass is 15.0. The molecule has 1 aliphatic rings. The van der Waals surface area contributed by atoms with Crippen molar-refractivity contribution in [1.29, 1.82) is 0 Å². The zero-order valence-electron chi connectivity index (χ0n) is 12.7. The van der Waals surface area contributed by atoms with Crippen molar-refractivity contribution in [3.05, 3.63) is 78.1 Å². The van der Waals surface area contributed by atoms with Crippen molar-refractivity contribution in [1.82, 2.24) is 9.38 Å². The van der Waals surface area contributed by atoms with Gasteiger partial charge < -0.3 is 0 Å².